The van der Waals surface area contributed by atoms with E-state index in [1.165, 1.54) is 43.8 Å². The highest BCUT2D eigenvalue weighted by atomic mass is 16.3. The molecular formula is C43H30N2O. The van der Waals surface area contributed by atoms with Crippen molar-refractivity contribution in [3.05, 3.63) is 169 Å². The lowest BCUT2D eigenvalue weighted by Crippen LogP contribution is -2.10. The molecule has 1 aliphatic heterocycles. The van der Waals surface area contributed by atoms with Gasteiger partial charge in [-0.1, -0.05) is 109 Å². The van der Waals surface area contributed by atoms with Gasteiger partial charge in [0.1, 0.15) is 11.3 Å². The summed E-state index contributed by atoms with van der Waals surface area (Å²) in [5.41, 5.74) is 10.2. The van der Waals surface area contributed by atoms with Crippen LogP contribution in [0.15, 0.2) is 162 Å². The molecule has 3 nitrogen and oxygen atoms in total. The predicted molar refractivity (Wildman–Crippen MR) is 193 cm³/mol. The molecule has 0 bridgehead atoms. The third kappa shape index (κ3) is 4.44. The molecule has 1 N–H and O–H groups in total. The summed E-state index contributed by atoms with van der Waals surface area (Å²) in [6.07, 6.45) is 4.11. The van der Waals surface area contributed by atoms with Crippen molar-refractivity contribution >= 4 is 55.7 Å². The highest BCUT2D eigenvalue weighted by Gasteiger charge is 2.19. The molecule has 0 atom stereocenters. The molecule has 3 heteroatoms. The van der Waals surface area contributed by atoms with Crippen molar-refractivity contribution in [2.45, 2.75) is 6.54 Å². The largest absolute Gasteiger partial charge is 0.459 e. The van der Waals surface area contributed by atoms with E-state index < -0.39 is 0 Å². The van der Waals surface area contributed by atoms with Crippen molar-refractivity contribution < 1.29 is 4.42 Å². The van der Waals surface area contributed by atoms with Crippen LogP contribution in [-0.4, -0.2) is 0 Å². The minimum absolute atomic E-state index is 0.699. The fourth-order valence-electron chi connectivity index (χ4n) is 6.88. The molecule has 2 heterocycles. The van der Waals surface area contributed by atoms with Gasteiger partial charge in [0.05, 0.1) is 6.54 Å². The zero-order chi connectivity index (χ0) is 30.5. The van der Waals surface area contributed by atoms with Gasteiger partial charge >= 0.3 is 0 Å². The van der Waals surface area contributed by atoms with Crippen LogP contribution in [0.3, 0.4) is 0 Å². The van der Waals surface area contributed by atoms with Gasteiger partial charge < -0.3 is 14.6 Å². The molecule has 0 aliphatic carbocycles. The van der Waals surface area contributed by atoms with Gasteiger partial charge in [0.15, 0.2) is 0 Å². The Bertz CT molecular complexity index is 2280. The van der Waals surface area contributed by atoms with Gasteiger partial charge in [0, 0.05) is 28.0 Å². The Balaban J connectivity index is 1.16. The molecule has 1 aliphatic rings. The summed E-state index contributed by atoms with van der Waals surface area (Å²) >= 11 is 0. The quantitative estimate of drug-likeness (QED) is 0.216. The van der Waals surface area contributed by atoms with E-state index in [0.29, 0.717) is 6.54 Å². The highest BCUT2D eigenvalue weighted by molar-refractivity contribution is 5.99. The van der Waals surface area contributed by atoms with Crippen LogP contribution in [0.25, 0.3) is 60.8 Å². The number of hydrogen-bond acceptors (Lipinski definition) is 3. The predicted octanol–water partition coefficient (Wildman–Crippen LogP) is 11.6. The summed E-state index contributed by atoms with van der Waals surface area (Å²) in [5, 5.41) is 9.40. The van der Waals surface area contributed by atoms with Gasteiger partial charge in [0.2, 0.25) is 0 Å². The zero-order valence-electron chi connectivity index (χ0n) is 25.2. The molecule has 0 amide bonds. The van der Waals surface area contributed by atoms with Crippen LogP contribution < -0.4 is 10.2 Å². The van der Waals surface area contributed by atoms with Crippen LogP contribution in [0.5, 0.6) is 0 Å². The average molecular weight is 591 g/mol. The molecule has 9 rings (SSSR count). The molecule has 46 heavy (non-hydrogen) atoms. The van der Waals surface area contributed by atoms with Crippen molar-refractivity contribution in [1.82, 2.24) is 5.32 Å². The van der Waals surface area contributed by atoms with Gasteiger partial charge in [-0.15, -0.1) is 0 Å². The van der Waals surface area contributed by atoms with Crippen LogP contribution in [0.2, 0.25) is 0 Å². The molecule has 8 aromatic rings. The number of rotatable bonds is 5. The lowest BCUT2D eigenvalue weighted by atomic mass is 9.97. The monoisotopic (exact) mass is 590 g/mol. The molecule has 0 spiro atoms. The summed E-state index contributed by atoms with van der Waals surface area (Å²) in [6, 6.07) is 54.6. The number of furan rings is 1. The lowest BCUT2D eigenvalue weighted by molar-refractivity contribution is 0.532. The second kappa shape index (κ2) is 10.8. The second-order valence-corrected chi connectivity index (χ2v) is 11.8. The lowest BCUT2D eigenvalue weighted by Gasteiger charge is -2.26. The van der Waals surface area contributed by atoms with E-state index in [0.717, 1.165) is 39.4 Å². The minimum Gasteiger partial charge on any atom is -0.459 e. The molecule has 7 aromatic carbocycles. The van der Waals surface area contributed by atoms with Gasteiger partial charge in [0.25, 0.3) is 0 Å². The van der Waals surface area contributed by atoms with Crippen molar-refractivity contribution in [3.8, 4) is 22.3 Å². The SMILES string of the molecule is C1=Cc2c(oc3ccc(N(c4ccc(-c5cccc6ccccc56)cc4)c4ccc(-c5cccc6ccccc56)cc4)cc23)CN1. The van der Waals surface area contributed by atoms with E-state index in [9.17, 15) is 0 Å². The molecule has 0 saturated carbocycles. The van der Waals surface area contributed by atoms with Crippen molar-refractivity contribution in [2.24, 2.45) is 0 Å². The van der Waals surface area contributed by atoms with E-state index in [1.54, 1.807) is 0 Å². The topological polar surface area (TPSA) is 28.4 Å². The second-order valence-electron chi connectivity index (χ2n) is 11.8. The summed E-state index contributed by atoms with van der Waals surface area (Å²) in [5.74, 6) is 0.972. The van der Waals surface area contributed by atoms with Crippen molar-refractivity contribution in [3.63, 3.8) is 0 Å². The first-order chi connectivity index (χ1) is 22.8. The molecule has 218 valence electrons. The van der Waals surface area contributed by atoms with Gasteiger partial charge in [-0.3, -0.25) is 0 Å². The van der Waals surface area contributed by atoms with Crippen LogP contribution >= 0.6 is 0 Å². The fourth-order valence-corrected chi connectivity index (χ4v) is 6.88. The third-order valence-electron chi connectivity index (χ3n) is 9.13. The molecule has 0 fully saturated rings. The Kier molecular flexibility index (Phi) is 6.20. The Labute approximate surface area is 267 Å². The number of nitrogens with zero attached hydrogens (tertiary/aromatic N) is 1. The number of fused-ring (bicyclic) bond motifs is 5. The van der Waals surface area contributed by atoms with Crippen molar-refractivity contribution in [1.29, 1.82) is 0 Å². The number of benzene rings is 7. The number of nitrogens with one attached hydrogen (secondary N) is 1. The van der Waals surface area contributed by atoms with Gasteiger partial charge in [-0.2, -0.15) is 0 Å². The summed E-state index contributed by atoms with van der Waals surface area (Å²) in [6.45, 7) is 0.699. The molecule has 0 radical (unpaired) electrons. The van der Waals surface area contributed by atoms with E-state index in [-0.39, 0.29) is 0 Å². The summed E-state index contributed by atoms with van der Waals surface area (Å²) < 4.78 is 6.20. The van der Waals surface area contributed by atoms with Crippen LogP contribution in [0, 0.1) is 0 Å². The maximum Gasteiger partial charge on any atom is 0.135 e. The Morgan fingerprint density at radius 2 is 1.04 bits per heavy atom. The smallest absolute Gasteiger partial charge is 0.135 e. The van der Waals surface area contributed by atoms with Gasteiger partial charge in [-0.25, -0.2) is 0 Å². The maximum atomic E-state index is 6.20. The van der Waals surface area contributed by atoms with Crippen LogP contribution in [-0.2, 0) is 6.54 Å². The van der Waals surface area contributed by atoms with E-state index in [2.05, 4.69) is 168 Å². The van der Waals surface area contributed by atoms with E-state index in [1.807, 2.05) is 6.20 Å². The molecule has 0 saturated heterocycles. The van der Waals surface area contributed by atoms with E-state index >= 15 is 0 Å². The molecular weight excluding hydrogens is 560 g/mol. The standard InChI is InChI=1S/C43H30N2O/c1-3-11-36-29(7-1)9-5-13-38(36)31-15-19-33(20-16-31)45(35-23-24-42-41(27-35)40-25-26-44-28-43(40)46-42)34-21-17-32(18-22-34)39-14-6-10-30-8-2-4-12-37(30)39/h1-27,44H,28H2. The molecule has 1 aromatic heterocycles. The van der Waals surface area contributed by atoms with Crippen LogP contribution in [0.1, 0.15) is 11.3 Å². The molecule has 0 unspecified atom stereocenters. The highest BCUT2D eigenvalue weighted by Crippen LogP contribution is 2.41. The Morgan fingerprint density at radius 3 is 1.65 bits per heavy atom. The Hall–Kier alpha value is -6.06. The normalized spacial score (nSPS) is 12.3. The first-order valence-corrected chi connectivity index (χ1v) is 15.7. The number of hydrogen-bond donors (Lipinski definition) is 1. The van der Waals surface area contributed by atoms with E-state index in [4.69, 9.17) is 4.42 Å². The number of anilines is 3. The minimum atomic E-state index is 0.699. The summed E-state index contributed by atoms with van der Waals surface area (Å²) in [7, 11) is 0. The first-order valence-electron chi connectivity index (χ1n) is 15.7. The third-order valence-corrected chi connectivity index (χ3v) is 9.13. The zero-order valence-corrected chi connectivity index (χ0v) is 25.2. The van der Waals surface area contributed by atoms with Crippen LogP contribution in [0.4, 0.5) is 17.1 Å². The fraction of sp³-hybridized carbons (Fsp3) is 0.0233. The Morgan fingerprint density at radius 1 is 0.500 bits per heavy atom. The van der Waals surface area contributed by atoms with Crippen molar-refractivity contribution in [2.75, 3.05) is 4.90 Å². The van der Waals surface area contributed by atoms with Gasteiger partial charge in [-0.05, 0) is 98.5 Å². The summed E-state index contributed by atoms with van der Waals surface area (Å²) in [4.78, 5) is 2.34. The maximum absolute atomic E-state index is 6.20. The first kappa shape index (κ1) is 26.4. The average Bonchev–Trinajstić information content (AvgIpc) is 3.50.